The van der Waals surface area contributed by atoms with Gasteiger partial charge in [0.05, 0.1) is 0 Å². The molecule has 0 fully saturated rings. The molecule has 0 bridgehead atoms. The molecule has 1 atom stereocenters. The van der Waals surface area contributed by atoms with Gasteiger partial charge in [-0.05, 0) is 5.56 Å². The van der Waals surface area contributed by atoms with E-state index in [9.17, 15) is 25.0 Å². The highest BCUT2D eigenvalue weighted by Crippen LogP contribution is 2.26. The molecule has 118 valence electrons. The van der Waals surface area contributed by atoms with Crippen LogP contribution in [0, 0.1) is 20.2 Å². The number of Topliss-reactive ketones (excluding diaryl/α,β-unsaturated/α-hetero) is 1. The number of hydrazine groups is 2. The monoisotopic (exact) mass is 315 g/mol. The lowest BCUT2D eigenvalue weighted by Gasteiger charge is -2.16. The topological polar surface area (TPSA) is 107 Å². The summed E-state index contributed by atoms with van der Waals surface area (Å²) in [6.07, 6.45) is -0.379. The van der Waals surface area contributed by atoms with Gasteiger partial charge in [0.2, 0.25) is 10.1 Å². The van der Waals surface area contributed by atoms with Crippen molar-refractivity contribution in [1.82, 2.24) is 5.12 Å². The van der Waals surface area contributed by atoms with Crippen LogP contribution in [0.5, 0.6) is 0 Å². The van der Waals surface area contributed by atoms with E-state index < -0.39 is 21.9 Å². The maximum absolute atomic E-state index is 12.3. The first-order chi connectivity index (χ1) is 11.0. The van der Waals surface area contributed by atoms with Crippen LogP contribution in [-0.4, -0.2) is 21.0 Å². The number of nitro groups is 2. The first-order valence-electron chi connectivity index (χ1n) is 6.71. The van der Waals surface area contributed by atoms with Crippen molar-refractivity contribution in [2.24, 2.45) is 0 Å². The molecule has 0 aliphatic rings. The van der Waals surface area contributed by atoms with Crippen molar-refractivity contribution in [3.8, 4) is 0 Å². The molecular weight excluding hydrogens is 302 g/mol. The molecule has 1 unspecified atom stereocenters. The smallest absolute Gasteiger partial charge is 0.223 e. The number of hydrogen-bond acceptors (Lipinski definition) is 5. The van der Waals surface area contributed by atoms with Gasteiger partial charge in [0, 0.05) is 12.0 Å². The van der Waals surface area contributed by atoms with E-state index in [2.05, 4.69) is 0 Å². The Labute approximate surface area is 131 Å². The maximum atomic E-state index is 12.3. The summed E-state index contributed by atoms with van der Waals surface area (Å²) in [6.45, 7) is 0. The molecule has 0 aromatic heterocycles. The average molecular weight is 315 g/mol. The molecule has 23 heavy (non-hydrogen) atoms. The highest BCUT2D eigenvalue weighted by atomic mass is 16.8. The summed E-state index contributed by atoms with van der Waals surface area (Å²) in [5, 5.41) is 19.7. The molecule has 0 saturated carbocycles. The first-order valence-corrected chi connectivity index (χ1v) is 6.71. The fourth-order valence-electron chi connectivity index (χ4n) is 2.21. The molecule has 0 N–H and O–H groups in total. The highest BCUT2D eigenvalue weighted by Gasteiger charge is 2.40. The molecule has 2 aromatic rings. The standard InChI is InChI=1S/C15H13N3O5/c19-15(13-9-5-2-6-10-13)11-14(12-7-3-1-4-8-12)16(17(20)21)18(22)23/h1-10,14H,11H2. The second kappa shape index (κ2) is 7.12. The van der Waals surface area contributed by atoms with Gasteiger partial charge in [0.25, 0.3) is 0 Å². The van der Waals surface area contributed by atoms with Crippen LogP contribution in [0.1, 0.15) is 28.4 Å². The predicted octanol–water partition coefficient (Wildman–Crippen LogP) is 2.69. The Kier molecular flexibility index (Phi) is 4.98. The number of benzene rings is 2. The van der Waals surface area contributed by atoms with E-state index >= 15 is 0 Å². The van der Waals surface area contributed by atoms with Gasteiger partial charge >= 0.3 is 0 Å². The fraction of sp³-hybridized carbons (Fsp3) is 0.133. The Bertz CT molecular complexity index is 692. The van der Waals surface area contributed by atoms with E-state index in [1.165, 1.54) is 12.1 Å². The van der Waals surface area contributed by atoms with Crippen LogP contribution in [0.15, 0.2) is 60.7 Å². The number of nitrogens with zero attached hydrogens (tertiary/aromatic N) is 3. The Hall–Kier alpha value is -3.29. The maximum Gasteiger partial charge on any atom is 0.223 e. The Morgan fingerprint density at radius 3 is 1.87 bits per heavy atom. The van der Waals surface area contributed by atoms with Crippen LogP contribution in [0.25, 0.3) is 0 Å². The van der Waals surface area contributed by atoms with E-state index in [-0.39, 0.29) is 11.5 Å². The van der Waals surface area contributed by atoms with Crippen LogP contribution < -0.4 is 0 Å². The van der Waals surface area contributed by atoms with E-state index in [1.54, 1.807) is 48.5 Å². The van der Waals surface area contributed by atoms with E-state index in [0.29, 0.717) is 11.1 Å². The summed E-state index contributed by atoms with van der Waals surface area (Å²) in [5.74, 6) is -0.409. The average Bonchev–Trinajstić information content (AvgIpc) is 2.55. The van der Waals surface area contributed by atoms with Gasteiger partial charge in [-0.25, -0.2) is 20.2 Å². The molecular formula is C15H13N3O5. The summed E-state index contributed by atoms with van der Waals surface area (Å²) in [6, 6.07) is 14.8. The van der Waals surface area contributed by atoms with Crippen LogP contribution in [-0.2, 0) is 0 Å². The zero-order valence-electron chi connectivity index (χ0n) is 11.9. The third kappa shape index (κ3) is 3.88. The summed E-state index contributed by atoms with van der Waals surface area (Å²) in [5.41, 5.74) is 0.672. The van der Waals surface area contributed by atoms with Crippen LogP contribution in [0.3, 0.4) is 0 Å². The lowest BCUT2D eigenvalue weighted by atomic mass is 9.98. The molecule has 2 rings (SSSR count). The number of ketones is 1. The van der Waals surface area contributed by atoms with E-state index in [1.807, 2.05) is 0 Å². The quantitative estimate of drug-likeness (QED) is 0.441. The van der Waals surface area contributed by atoms with Gasteiger partial charge in [0.1, 0.15) is 0 Å². The second-order valence-electron chi connectivity index (χ2n) is 4.72. The van der Waals surface area contributed by atoms with Crippen molar-refractivity contribution in [3.05, 3.63) is 92.0 Å². The second-order valence-corrected chi connectivity index (χ2v) is 4.72. The number of rotatable bonds is 7. The number of carbonyl (C=O) groups is 1. The molecule has 0 radical (unpaired) electrons. The first kappa shape index (κ1) is 16.1. The van der Waals surface area contributed by atoms with Gasteiger partial charge < -0.3 is 0 Å². The van der Waals surface area contributed by atoms with Gasteiger partial charge in [-0.2, -0.15) is 0 Å². The molecule has 8 nitrogen and oxygen atoms in total. The zero-order chi connectivity index (χ0) is 16.8. The highest BCUT2D eigenvalue weighted by molar-refractivity contribution is 5.96. The summed E-state index contributed by atoms with van der Waals surface area (Å²) in [4.78, 5) is 34.4. The molecule has 0 heterocycles. The molecule has 0 spiro atoms. The van der Waals surface area contributed by atoms with Gasteiger partial charge in [-0.3, -0.25) is 4.79 Å². The van der Waals surface area contributed by atoms with Crippen molar-refractivity contribution >= 4 is 5.78 Å². The van der Waals surface area contributed by atoms with Crippen LogP contribution >= 0.6 is 0 Å². The predicted molar refractivity (Wildman–Crippen MR) is 80.4 cm³/mol. The van der Waals surface area contributed by atoms with Crippen molar-refractivity contribution < 1.29 is 14.9 Å². The SMILES string of the molecule is O=C(CC(c1ccccc1)N([N+](=O)[O-])[N+](=O)[O-])c1ccccc1. The molecule has 0 aliphatic heterocycles. The van der Waals surface area contributed by atoms with E-state index in [0.717, 1.165) is 0 Å². The Morgan fingerprint density at radius 2 is 1.39 bits per heavy atom. The van der Waals surface area contributed by atoms with Crippen LogP contribution in [0.2, 0.25) is 0 Å². The summed E-state index contributed by atoms with van der Waals surface area (Å²) < 4.78 is 0. The van der Waals surface area contributed by atoms with Gasteiger partial charge in [-0.15, -0.1) is 0 Å². The third-order valence-electron chi connectivity index (χ3n) is 3.27. The lowest BCUT2D eigenvalue weighted by molar-refractivity contribution is -0.916. The van der Waals surface area contributed by atoms with Crippen molar-refractivity contribution in [3.63, 3.8) is 0 Å². The zero-order valence-corrected chi connectivity index (χ0v) is 11.9. The van der Waals surface area contributed by atoms with Crippen molar-refractivity contribution in [1.29, 1.82) is 0 Å². The fourth-order valence-corrected chi connectivity index (χ4v) is 2.21. The Balaban J connectivity index is 2.36. The number of carbonyl (C=O) groups excluding carboxylic acids is 1. The Morgan fingerprint density at radius 1 is 0.913 bits per heavy atom. The minimum absolute atomic E-state index is 0.129. The molecule has 2 aromatic carbocycles. The molecule has 8 heteroatoms. The van der Waals surface area contributed by atoms with Crippen molar-refractivity contribution in [2.75, 3.05) is 0 Å². The molecule has 0 amide bonds. The summed E-state index contributed by atoms with van der Waals surface area (Å²) >= 11 is 0. The minimum Gasteiger partial charge on any atom is -0.294 e. The molecule has 0 aliphatic carbocycles. The molecule has 0 saturated heterocycles. The summed E-state index contributed by atoms with van der Waals surface area (Å²) in [7, 11) is 0. The van der Waals surface area contributed by atoms with Crippen molar-refractivity contribution in [2.45, 2.75) is 12.5 Å². The van der Waals surface area contributed by atoms with Gasteiger partial charge in [0.15, 0.2) is 16.9 Å². The minimum atomic E-state index is -1.30. The normalized spacial score (nSPS) is 11.5. The van der Waals surface area contributed by atoms with E-state index in [4.69, 9.17) is 0 Å². The number of hydrogen-bond donors (Lipinski definition) is 0. The van der Waals surface area contributed by atoms with Crippen LogP contribution in [0.4, 0.5) is 0 Å². The van der Waals surface area contributed by atoms with Gasteiger partial charge in [-0.1, -0.05) is 60.7 Å². The largest absolute Gasteiger partial charge is 0.294 e. The lowest BCUT2D eigenvalue weighted by Crippen LogP contribution is -2.40. The third-order valence-corrected chi connectivity index (χ3v) is 3.27.